The van der Waals surface area contributed by atoms with Crippen LogP contribution in [0.4, 0.5) is 5.69 Å². The highest BCUT2D eigenvalue weighted by molar-refractivity contribution is 5.80. The molecule has 26 heavy (non-hydrogen) atoms. The van der Waals surface area contributed by atoms with Crippen LogP contribution in [-0.2, 0) is 13.1 Å². The molecule has 0 spiro atoms. The number of guanidine groups is 1. The molecule has 2 heterocycles. The number of piperazine rings is 1. The topological polar surface area (TPSA) is 70.8 Å². The van der Waals surface area contributed by atoms with Gasteiger partial charge in [-0.2, -0.15) is 0 Å². The van der Waals surface area contributed by atoms with E-state index in [-0.39, 0.29) is 0 Å². The van der Waals surface area contributed by atoms with Crippen molar-refractivity contribution in [3.63, 3.8) is 0 Å². The average Bonchev–Trinajstić information content (AvgIpc) is 3.16. The monoisotopic (exact) mass is 357 g/mol. The van der Waals surface area contributed by atoms with Crippen LogP contribution in [0.15, 0.2) is 35.6 Å². The molecule has 0 saturated carbocycles. The van der Waals surface area contributed by atoms with Crippen LogP contribution in [0.1, 0.15) is 12.7 Å². The van der Waals surface area contributed by atoms with Crippen molar-refractivity contribution in [3.8, 4) is 5.75 Å². The molecule has 2 aromatic rings. The number of aromatic nitrogens is 3. The third kappa shape index (κ3) is 4.07. The van der Waals surface area contributed by atoms with Crippen molar-refractivity contribution in [1.29, 1.82) is 0 Å². The average molecular weight is 357 g/mol. The van der Waals surface area contributed by atoms with E-state index in [4.69, 9.17) is 4.74 Å². The van der Waals surface area contributed by atoms with Crippen LogP contribution in [0.2, 0.25) is 0 Å². The molecule has 1 fully saturated rings. The summed E-state index contributed by atoms with van der Waals surface area (Å²) < 4.78 is 7.36. The minimum atomic E-state index is 0.622. The molecule has 3 rings (SSSR count). The Morgan fingerprint density at radius 2 is 2.08 bits per heavy atom. The maximum atomic E-state index is 5.33. The molecule has 0 aliphatic carbocycles. The zero-order valence-corrected chi connectivity index (χ0v) is 15.7. The largest absolute Gasteiger partial charge is 0.497 e. The van der Waals surface area contributed by atoms with E-state index in [2.05, 4.69) is 49.4 Å². The van der Waals surface area contributed by atoms with Crippen LogP contribution in [0.3, 0.4) is 0 Å². The van der Waals surface area contributed by atoms with E-state index in [1.165, 1.54) is 5.69 Å². The van der Waals surface area contributed by atoms with Crippen LogP contribution in [0.5, 0.6) is 5.75 Å². The Morgan fingerprint density at radius 3 is 2.77 bits per heavy atom. The molecule has 1 aromatic heterocycles. The number of methoxy groups -OCH3 is 1. The number of hydrogen-bond donors (Lipinski definition) is 1. The fourth-order valence-corrected chi connectivity index (χ4v) is 3.15. The molecule has 8 heteroatoms. The molecular weight excluding hydrogens is 330 g/mol. The van der Waals surface area contributed by atoms with Crippen LogP contribution < -0.4 is 15.0 Å². The number of hydrogen-bond acceptors (Lipinski definition) is 5. The minimum Gasteiger partial charge on any atom is -0.497 e. The number of nitrogens with zero attached hydrogens (tertiary/aromatic N) is 6. The fraction of sp³-hybridized carbons (Fsp3) is 0.500. The maximum Gasteiger partial charge on any atom is 0.194 e. The summed E-state index contributed by atoms with van der Waals surface area (Å²) in [5.41, 5.74) is 1.20. The Morgan fingerprint density at radius 1 is 1.27 bits per heavy atom. The summed E-state index contributed by atoms with van der Waals surface area (Å²) in [5, 5.41) is 11.5. The summed E-state index contributed by atoms with van der Waals surface area (Å²) in [4.78, 5) is 9.08. The molecule has 0 bridgehead atoms. The van der Waals surface area contributed by atoms with Crippen molar-refractivity contribution >= 4 is 11.6 Å². The Kier molecular flexibility index (Phi) is 5.93. The molecule has 1 aromatic carbocycles. The maximum absolute atomic E-state index is 5.33. The van der Waals surface area contributed by atoms with E-state index in [0.29, 0.717) is 6.54 Å². The molecular formula is C18H27N7O. The molecule has 1 saturated heterocycles. The zero-order chi connectivity index (χ0) is 18.4. The molecule has 140 valence electrons. The summed E-state index contributed by atoms with van der Waals surface area (Å²) in [6.45, 7) is 7.28. The predicted octanol–water partition coefficient (Wildman–Crippen LogP) is 1.20. The van der Waals surface area contributed by atoms with E-state index >= 15 is 0 Å². The number of ether oxygens (including phenoxy) is 1. The van der Waals surface area contributed by atoms with Gasteiger partial charge in [0.25, 0.3) is 0 Å². The van der Waals surface area contributed by atoms with Crippen LogP contribution in [-0.4, -0.2) is 66.0 Å². The smallest absolute Gasteiger partial charge is 0.194 e. The molecule has 1 N–H and O–H groups in total. The molecule has 1 aliphatic rings. The number of anilines is 1. The summed E-state index contributed by atoms with van der Waals surface area (Å²) >= 11 is 0. The van der Waals surface area contributed by atoms with Crippen molar-refractivity contribution in [2.24, 2.45) is 4.99 Å². The zero-order valence-electron chi connectivity index (χ0n) is 15.7. The first-order valence-electron chi connectivity index (χ1n) is 8.96. The number of aryl methyl sites for hydroxylation is 1. The third-order valence-electron chi connectivity index (χ3n) is 4.65. The van der Waals surface area contributed by atoms with E-state index in [1.54, 1.807) is 13.4 Å². The van der Waals surface area contributed by atoms with Gasteiger partial charge in [0.05, 0.1) is 13.7 Å². The Balaban J connectivity index is 1.55. The Hall–Kier alpha value is -2.77. The molecule has 0 atom stereocenters. The molecule has 8 nitrogen and oxygen atoms in total. The second kappa shape index (κ2) is 8.55. The first-order chi connectivity index (χ1) is 12.7. The SMILES string of the molecule is CCn1cnnc1CNC(=NC)N1CCN(c2cccc(OC)c2)CC1. The highest BCUT2D eigenvalue weighted by Gasteiger charge is 2.20. The minimum absolute atomic E-state index is 0.622. The fourth-order valence-electron chi connectivity index (χ4n) is 3.15. The van der Waals surface area contributed by atoms with E-state index in [9.17, 15) is 0 Å². The highest BCUT2D eigenvalue weighted by Crippen LogP contribution is 2.22. The van der Waals surface area contributed by atoms with E-state index in [0.717, 1.165) is 50.3 Å². The Labute approximate surface area is 154 Å². The van der Waals surface area contributed by atoms with Crippen molar-refractivity contribution < 1.29 is 4.74 Å². The quantitative estimate of drug-likeness (QED) is 0.641. The highest BCUT2D eigenvalue weighted by atomic mass is 16.5. The van der Waals surface area contributed by atoms with Crippen LogP contribution in [0.25, 0.3) is 0 Å². The van der Waals surface area contributed by atoms with Gasteiger partial charge in [-0.15, -0.1) is 10.2 Å². The number of rotatable bonds is 5. The van der Waals surface area contributed by atoms with Crippen molar-refractivity contribution in [1.82, 2.24) is 25.0 Å². The van der Waals surface area contributed by atoms with Gasteiger partial charge in [-0.3, -0.25) is 4.99 Å². The summed E-state index contributed by atoms with van der Waals surface area (Å²) in [7, 11) is 3.52. The van der Waals surface area contributed by atoms with Gasteiger partial charge in [-0.05, 0) is 19.1 Å². The van der Waals surface area contributed by atoms with Gasteiger partial charge in [-0.1, -0.05) is 6.07 Å². The van der Waals surface area contributed by atoms with Gasteiger partial charge in [-0.25, -0.2) is 0 Å². The van der Waals surface area contributed by atoms with Crippen LogP contribution in [0, 0.1) is 0 Å². The first-order valence-corrected chi connectivity index (χ1v) is 8.96. The summed E-state index contributed by atoms with van der Waals surface area (Å²) in [5.74, 6) is 2.71. The van der Waals surface area contributed by atoms with Gasteiger partial charge >= 0.3 is 0 Å². The second-order valence-corrected chi connectivity index (χ2v) is 6.11. The lowest BCUT2D eigenvalue weighted by Crippen LogP contribution is -2.52. The molecule has 1 aliphatic heterocycles. The predicted molar refractivity (Wildman–Crippen MR) is 103 cm³/mol. The normalized spacial score (nSPS) is 15.3. The van der Waals surface area contributed by atoms with Gasteiger partial charge in [0, 0.05) is 51.5 Å². The molecule has 0 amide bonds. The van der Waals surface area contributed by atoms with Gasteiger partial charge in [0.2, 0.25) is 0 Å². The summed E-state index contributed by atoms with van der Waals surface area (Å²) in [6.07, 6.45) is 1.76. The standard InChI is InChI=1S/C18H27N7O/c1-4-23-14-21-22-17(23)13-20-18(19-2)25-10-8-24(9-11-25)15-6-5-7-16(12-15)26-3/h5-7,12,14H,4,8-11,13H2,1-3H3,(H,19,20). The number of aliphatic imine (C=N–C) groups is 1. The third-order valence-corrected chi connectivity index (χ3v) is 4.65. The molecule has 0 unspecified atom stereocenters. The summed E-state index contributed by atoms with van der Waals surface area (Å²) in [6, 6.07) is 8.22. The lowest BCUT2D eigenvalue weighted by molar-refractivity contribution is 0.371. The molecule has 0 radical (unpaired) electrons. The second-order valence-electron chi connectivity index (χ2n) is 6.11. The van der Waals surface area contributed by atoms with Gasteiger partial charge in [0.15, 0.2) is 11.8 Å². The van der Waals surface area contributed by atoms with E-state index in [1.807, 2.05) is 23.7 Å². The number of nitrogens with one attached hydrogen (secondary N) is 1. The lowest BCUT2D eigenvalue weighted by atomic mass is 10.2. The number of benzene rings is 1. The Bertz CT molecular complexity index is 735. The van der Waals surface area contributed by atoms with Crippen LogP contribution >= 0.6 is 0 Å². The lowest BCUT2D eigenvalue weighted by Gasteiger charge is -2.37. The van der Waals surface area contributed by atoms with Gasteiger partial charge < -0.3 is 24.4 Å². The van der Waals surface area contributed by atoms with E-state index < -0.39 is 0 Å². The van der Waals surface area contributed by atoms with Crippen molar-refractivity contribution in [2.75, 3.05) is 45.2 Å². The first kappa shape index (κ1) is 18.0. The van der Waals surface area contributed by atoms with Crippen molar-refractivity contribution in [2.45, 2.75) is 20.0 Å². The van der Waals surface area contributed by atoms with Crippen molar-refractivity contribution in [3.05, 3.63) is 36.4 Å². The van der Waals surface area contributed by atoms with Gasteiger partial charge in [0.1, 0.15) is 12.1 Å².